The molecule has 56 heavy (non-hydrogen) atoms. The molecule has 10 nitrogen and oxygen atoms in total. The molecule has 0 saturated carbocycles. The molecule has 2 heterocycles. The SMILES string of the molecule is O=C(CCCCCCCCCCCCCCCS)NCCNC(=O)c1cc(-c2ccc[n+](Cc3ccccc3OBO)c2)c[n+](Cc2ccccc2B(O)O)c1. The fourth-order valence-corrected chi connectivity index (χ4v) is 7.10. The number of hydrogen-bond acceptors (Lipinski definition) is 7. The zero-order chi connectivity index (χ0) is 39.8. The first-order valence-electron chi connectivity index (χ1n) is 20.3. The fraction of sp³-hybridized carbons (Fsp3) is 0.442. The molecule has 13 heteroatoms. The van der Waals surface area contributed by atoms with E-state index in [1.54, 1.807) is 18.3 Å². The molecule has 0 saturated heterocycles. The highest BCUT2D eigenvalue weighted by molar-refractivity contribution is 7.80. The van der Waals surface area contributed by atoms with E-state index in [0.717, 1.165) is 41.7 Å². The summed E-state index contributed by atoms with van der Waals surface area (Å²) in [5.74, 6) is 1.32. The van der Waals surface area contributed by atoms with Gasteiger partial charge in [0.2, 0.25) is 5.91 Å². The minimum atomic E-state index is -1.63. The number of pyridine rings is 2. The van der Waals surface area contributed by atoms with Crippen LogP contribution >= 0.6 is 12.6 Å². The molecule has 0 atom stereocenters. The number of rotatable bonds is 27. The first-order valence-corrected chi connectivity index (χ1v) is 21.0. The van der Waals surface area contributed by atoms with E-state index in [1.165, 1.54) is 64.2 Å². The van der Waals surface area contributed by atoms with Crippen LogP contribution in [0.15, 0.2) is 91.5 Å². The summed E-state index contributed by atoms with van der Waals surface area (Å²) in [6, 6.07) is 20.3. The van der Waals surface area contributed by atoms with Gasteiger partial charge >= 0.3 is 14.8 Å². The van der Waals surface area contributed by atoms with Crippen molar-refractivity contribution in [3.63, 3.8) is 0 Å². The number of nitrogens with one attached hydrogen (secondary N) is 2. The number of unbranched alkanes of at least 4 members (excludes halogenated alkanes) is 12. The van der Waals surface area contributed by atoms with Gasteiger partial charge in [0.05, 0.1) is 16.7 Å². The van der Waals surface area contributed by atoms with E-state index in [4.69, 9.17) is 4.65 Å². The second kappa shape index (κ2) is 25.9. The predicted octanol–water partition coefficient (Wildman–Crippen LogP) is 4.58. The molecular formula is C43H60B2N4O6S+2. The van der Waals surface area contributed by atoms with E-state index in [2.05, 4.69) is 23.3 Å². The lowest BCUT2D eigenvalue weighted by atomic mass is 9.77. The topological polar surface area (TPSA) is 136 Å². The molecule has 0 fully saturated rings. The Labute approximate surface area is 339 Å². The maximum Gasteiger partial charge on any atom is 0.504 e. The quantitative estimate of drug-likeness (QED) is 0.0227. The predicted molar refractivity (Wildman–Crippen MR) is 227 cm³/mol. The van der Waals surface area contributed by atoms with Crippen LogP contribution in [0.2, 0.25) is 0 Å². The summed E-state index contributed by atoms with van der Waals surface area (Å²) >= 11 is 4.27. The summed E-state index contributed by atoms with van der Waals surface area (Å²) in [5, 5.41) is 35.2. The van der Waals surface area contributed by atoms with Gasteiger partial charge in [0.1, 0.15) is 11.3 Å². The minimum absolute atomic E-state index is 0.00104. The van der Waals surface area contributed by atoms with E-state index >= 15 is 0 Å². The maximum atomic E-state index is 13.5. The summed E-state index contributed by atoms with van der Waals surface area (Å²) in [6.45, 7) is 1.41. The third-order valence-corrected chi connectivity index (χ3v) is 10.2. The fourth-order valence-electron chi connectivity index (χ4n) is 6.88. The summed E-state index contributed by atoms with van der Waals surface area (Å²) < 4.78 is 9.27. The number of carbonyl (C=O) groups excluding carboxylic acids is 2. The Morgan fingerprint density at radius 3 is 1.95 bits per heavy atom. The van der Waals surface area contributed by atoms with Gasteiger partial charge in [0.15, 0.2) is 37.9 Å². The molecule has 2 aromatic carbocycles. The van der Waals surface area contributed by atoms with Crippen LogP contribution in [0.4, 0.5) is 0 Å². The monoisotopic (exact) mass is 782 g/mol. The maximum absolute atomic E-state index is 13.5. The van der Waals surface area contributed by atoms with Crippen LogP contribution in [0.3, 0.4) is 0 Å². The van der Waals surface area contributed by atoms with Gasteiger partial charge in [0.25, 0.3) is 5.91 Å². The summed E-state index contributed by atoms with van der Waals surface area (Å²) in [6.07, 6.45) is 24.2. The number of benzene rings is 2. The molecule has 2 aromatic heterocycles. The van der Waals surface area contributed by atoms with Gasteiger partial charge in [-0.05, 0) is 48.3 Å². The highest BCUT2D eigenvalue weighted by Gasteiger charge is 2.21. The Balaban J connectivity index is 1.29. The van der Waals surface area contributed by atoms with Crippen molar-refractivity contribution in [1.82, 2.24) is 10.6 Å². The first-order chi connectivity index (χ1) is 27.4. The van der Waals surface area contributed by atoms with E-state index in [0.29, 0.717) is 48.4 Å². The Morgan fingerprint density at radius 2 is 1.27 bits per heavy atom. The number of carbonyl (C=O) groups is 2. The van der Waals surface area contributed by atoms with Crippen molar-refractivity contribution in [3.8, 4) is 16.9 Å². The lowest BCUT2D eigenvalue weighted by Crippen LogP contribution is -2.42. The van der Waals surface area contributed by atoms with E-state index in [-0.39, 0.29) is 18.4 Å². The zero-order valence-electron chi connectivity index (χ0n) is 32.8. The Morgan fingerprint density at radius 1 is 0.679 bits per heavy atom. The van der Waals surface area contributed by atoms with E-state index < -0.39 is 14.8 Å². The van der Waals surface area contributed by atoms with Gasteiger partial charge in [-0.3, -0.25) is 9.59 Å². The standard InChI is InChI=1S/C43H58B2N4O6S/c50-42(24-12-10-8-6-4-2-1-3-5-7-9-11-17-28-56)46-25-26-47-43(51)39-29-38(33-49(34-39)31-36-19-13-15-22-40(36)45(53)54)35-21-18-27-48(30-35)32-37-20-14-16-23-41(37)55-44-52/h13-16,18-23,27,29-30,33-34,44,52-54H,1-12,17,24-26,28,31-32H2,(H-2,46,47,50,51,56)/p+2. The first kappa shape index (κ1) is 44.6. The number of thiol groups is 1. The summed E-state index contributed by atoms with van der Waals surface area (Å²) in [7, 11) is -2.05. The number of para-hydroxylation sites is 1. The molecule has 5 N–H and O–H groups in total. The Bertz CT molecular complexity index is 1780. The molecule has 2 amide bonds. The van der Waals surface area contributed by atoms with Crippen molar-refractivity contribution in [2.75, 3.05) is 18.8 Å². The number of nitrogens with zero attached hydrogens (tertiary/aromatic N) is 2. The van der Waals surface area contributed by atoms with Crippen LogP contribution in [0.5, 0.6) is 5.75 Å². The molecule has 4 aromatic rings. The third-order valence-electron chi connectivity index (χ3n) is 9.90. The lowest BCUT2D eigenvalue weighted by molar-refractivity contribution is -0.689. The molecule has 0 bridgehead atoms. The van der Waals surface area contributed by atoms with Crippen molar-refractivity contribution in [2.24, 2.45) is 0 Å². The molecule has 0 spiro atoms. The lowest BCUT2D eigenvalue weighted by Gasteiger charge is -2.10. The zero-order valence-corrected chi connectivity index (χ0v) is 33.7. The molecule has 0 aliphatic carbocycles. The number of amides is 2. The largest absolute Gasteiger partial charge is 0.538 e. The Hall–Kier alpha value is -4.16. The van der Waals surface area contributed by atoms with Crippen molar-refractivity contribution in [2.45, 2.75) is 103 Å². The third kappa shape index (κ3) is 16.1. The number of hydrogen-bond donors (Lipinski definition) is 6. The molecule has 298 valence electrons. The molecule has 0 aliphatic heterocycles. The van der Waals surface area contributed by atoms with Crippen LogP contribution in [0.1, 0.15) is 111 Å². The van der Waals surface area contributed by atoms with Crippen molar-refractivity contribution < 1.29 is 38.4 Å². The van der Waals surface area contributed by atoms with Gasteiger partial charge in [-0.25, -0.2) is 4.57 Å². The van der Waals surface area contributed by atoms with Crippen LogP contribution in [0.25, 0.3) is 11.1 Å². The van der Waals surface area contributed by atoms with E-state index in [9.17, 15) is 24.7 Å². The molecular weight excluding hydrogens is 722 g/mol. The van der Waals surface area contributed by atoms with Gasteiger partial charge in [-0.2, -0.15) is 17.2 Å². The normalized spacial score (nSPS) is 10.9. The van der Waals surface area contributed by atoms with Crippen molar-refractivity contribution in [3.05, 3.63) is 108 Å². The van der Waals surface area contributed by atoms with Gasteiger partial charge in [-0.15, -0.1) is 0 Å². The second-order valence-electron chi connectivity index (χ2n) is 14.4. The van der Waals surface area contributed by atoms with Crippen LogP contribution in [0, 0.1) is 0 Å². The molecule has 0 aliphatic rings. The van der Waals surface area contributed by atoms with E-state index in [1.807, 2.05) is 82.3 Å². The van der Waals surface area contributed by atoms with Gasteiger partial charge < -0.3 is 30.4 Å². The summed E-state index contributed by atoms with van der Waals surface area (Å²) in [5.41, 5.74) is 4.07. The van der Waals surface area contributed by atoms with Crippen LogP contribution in [-0.2, 0) is 17.9 Å². The van der Waals surface area contributed by atoms with Crippen LogP contribution in [-0.4, -0.2) is 60.5 Å². The molecule has 0 unspecified atom stereocenters. The highest BCUT2D eigenvalue weighted by Crippen LogP contribution is 2.20. The van der Waals surface area contributed by atoms with Crippen molar-refractivity contribution >= 4 is 44.7 Å². The average Bonchev–Trinajstić information content (AvgIpc) is 3.20. The van der Waals surface area contributed by atoms with Crippen molar-refractivity contribution in [1.29, 1.82) is 0 Å². The average molecular weight is 783 g/mol. The second-order valence-corrected chi connectivity index (χ2v) is 14.8. The Kier molecular flexibility index (Phi) is 20.6. The minimum Gasteiger partial charge on any atom is -0.538 e. The molecule has 4 rings (SSSR count). The smallest absolute Gasteiger partial charge is 0.504 e. The van der Waals surface area contributed by atoms with Crippen LogP contribution < -0.4 is 29.9 Å². The number of aromatic nitrogens is 2. The highest BCUT2D eigenvalue weighted by atomic mass is 32.1. The summed E-state index contributed by atoms with van der Waals surface area (Å²) in [4.78, 5) is 26.0. The van der Waals surface area contributed by atoms with Gasteiger partial charge in [0, 0.05) is 31.1 Å². The molecule has 0 radical (unpaired) electrons. The van der Waals surface area contributed by atoms with Gasteiger partial charge in [-0.1, -0.05) is 107 Å².